The van der Waals surface area contributed by atoms with Gasteiger partial charge in [-0.25, -0.2) is 18.2 Å². The van der Waals surface area contributed by atoms with Crippen molar-refractivity contribution in [1.29, 1.82) is 0 Å². The maximum atomic E-state index is 13.2. The topological polar surface area (TPSA) is 124 Å². The Morgan fingerprint density at radius 1 is 1.16 bits per heavy atom. The Labute approximate surface area is 186 Å². The molecule has 0 fully saturated rings. The molecule has 2 rings (SSSR count). The summed E-state index contributed by atoms with van der Waals surface area (Å²) in [5, 5.41) is 2.56. The minimum atomic E-state index is -4.18. The maximum Gasteiger partial charge on any atom is 0.330 e. The van der Waals surface area contributed by atoms with Crippen molar-refractivity contribution >= 4 is 33.8 Å². The molecule has 10 nitrogen and oxygen atoms in total. The van der Waals surface area contributed by atoms with Crippen LogP contribution in [0.3, 0.4) is 0 Å². The molecule has 1 N–H and O–H groups in total. The Hall–Kier alpha value is -3.44. The summed E-state index contributed by atoms with van der Waals surface area (Å²) in [4.78, 5) is 27.7. The molecule has 0 atom stereocenters. The van der Waals surface area contributed by atoms with Crippen LogP contribution >= 0.6 is 0 Å². The molecule has 0 saturated carbocycles. The van der Waals surface area contributed by atoms with Crippen molar-refractivity contribution in [1.82, 2.24) is 9.29 Å². The van der Waals surface area contributed by atoms with Crippen molar-refractivity contribution in [3.05, 3.63) is 47.7 Å². The average molecular weight is 464 g/mol. The van der Waals surface area contributed by atoms with E-state index in [0.29, 0.717) is 17.1 Å². The molecular weight excluding hydrogens is 438 g/mol. The van der Waals surface area contributed by atoms with Crippen LogP contribution in [0.15, 0.2) is 41.3 Å². The highest BCUT2D eigenvalue weighted by molar-refractivity contribution is 7.89. The number of methoxy groups -OCH3 is 3. The van der Waals surface area contributed by atoms with Crippen molar-refractivity contribution in [2.24, 2.45) is 0 Å². The number of benzene rings is 1. The second-order valence-corrected chi connectivity index (χ2v) is 8.60. The fourth-order valence-corrected chi connectivity index (χ4v) is 4.05. The number of aromatic nitrogens is 1. The van der Waals surface area contributed by atoms with Crippen molar-refractivity contribution < 1.29 is 32.2 Å². The molecule has 0 aliphatic carbocycles. The molecular formula is C21H25N3O7S. The first-order chi connectivity index (χ1) is 15.1. The highest BCUT2D eigenvalue weighted by Crippen LogP contribution is 2.37. The van der Waals surface area contributed by atoms with Crippen LogP contribution < -0.4 is 14.8 Å². The minimum Gasteiger partial charge on any atom is -0.493 e. The van der Waals surface area contributed by atoms with Crippen LogP contribution in [-0.2, 0) is 24.3 Å². The predicted octanol–water partition coefficient (Wildman–Crippen LogP) is 1.85. The van der Waals surface area contributed by atoms with Crippen LogP contribution in [0.4, 0.5) is 5.82 Å². The number of aryl methyl sites for hydroxylation is 1. The second-order valence-electron chi connectivity index (χ2n) is 6.58. The van der Waals surface area contributed by atoms with Crippen molar-refractivity contribution in [2.45, 2.75) is 11.8 Å². The quantitative estimate of drug-likeness (QED) is 0.441. The number of likely N-dealkylation sites (N-methyl/N-ethyl adjacent to an activating group) is 1. The summed E-state index contributed by atoms with van der Waals surface area (Å²) in [5.74, 6) is -0.755. The molecule has 1 amide bonds. The van der Waals surface area contributed by atoms with Gasteiger partial charge in [-0.3, -0.25) is 4.79 Å². The van der Waals surface area contributed by atoms with E-state index >= 15 is 0 Å². The first kappa shape index (κ1) is 24.8. The molecule has 1 aromatic carbocycles. The van der Waals surface area contributed by atoms with E-state index in [9.17, 15) is 18.0 Å². The van der Waals surface area contributed by atoms with E-state index in [1.54, 1.807) is 25.1 Å². The predicted molar refractivity (Wildman–Crippen MR) is 118 cm³/mol. The summed E-state index contributed by atoms with van der Waals surface area (Å²) >= 11 is 0. The monoisotopic (exact) mass is 463 g/mol. The standard InChI is InChI=1S/C21H25N3O7S/c1-14-7-6-8-18(22-14)23-19(25)13-24(2)32(27,28)17-12-15(9-10-20(26)30-4)11-16(29-3)21(17)31-5/h6-12H,13H2,1-5H3,(H,22,23,25)/b10-9+. The molecule has 32 heavy (non-hydrogen) atoms. The van der Waals surface area contributed by atoms with Gasteiger partial charge >= 0.3 is 5.97 Å². The SMILES string of the molecule is COC(=O)/C=C/c1cc(OC)c(OC)c(S(=O)(=O)N(C)CC(=O)Nc2cccc(C)n2)c1. The van der Waals surface area contributed by atoms with Crippen molar-refractivity contribution in [3.63, 3.8) is 0 Å². The summed E-state index contributed by atoms with van der Waals surface area (Å²) in [6.45, 7) is 1.30. The van der Waals surface area contributed by atoms with E-state index in [-0.39, 0.29) is 16.4 Å². The Morgan fingerprint density at radius 3 is 2.47 bits per heavy atom. The lowest BCUT2D eigenvalue weighted by Crippen LogP contribution is -2.35. The molecule has 0 unspecified atom stereocenters. The summed E-state index contributed by atoms with van der Waals surface area (Å²) in [5.41, 5.74) is 1.06. The third-order valence-electron chi connectivity index (χ3n) is 4.29. The van der Waals surface area contributed by atoms with E-state index in [0.717, 1.165) is 10.4 Å². The molecule has 0 aliphatic rings. The van der Waals surface area contributed by atoms with Gasteiger partial charge in [0.1, 0.15) is 10.7 Å². The smallest absolute Gasteiger partial charge is 0.330 e. The normalized spacial score (nSPS) is 11.4. The summed E-state index contributed by atoms with van der Waals surface area (Å²) in [7, 11) is 0.969. The molecule has 0 spiro atoms. The number of hydrogen-bond donors (Lipinski definition) is 1. The Bertz CT molecular complexity index is 1130. The molecule has 1 heterocycles. The first-order valence-electron chi connectivity index (χ1n) is 9.34. The molecule has 11 heteroatoms. The fourth-order valence-electron chi connectivity index (χ4n) is 2.72. The first-order valence-corrected chi connectivity index (χ1v) is 10.8. The fraction of sp³-hybridized carbons (Fsp3) is 0.286. The Morgan fingerprint density at radius 2 is 1.88 bits per heavy atom. The van der Waals surface area contributed by atoms with Gasteiger partial charge in [0.15, 0.2) is 11.5 Å². The van der Waals surface area contributed by atoms with Gasteiger partial charge < -0.3 is 19.5 Å². The largest absolute Gasteiger partial charge is 0.493 e. The average Bonchev–Trinajstić information content (AvgIpc) is 2.76. The van der Waals surface area contributed by atoms with Crippen LogP contribution in [0.1, 0.15) is 11.3 Å². The minimum absolute atomic E-state index is 0.0321. The number of nitrogens with one attached hydrogen (secondary N) is 1. The Kier molecular flexibility index (Phi) is 8.33. The maximum absolute atomic E-state index is 13.2. The third-order valence-corrected chi connectivity index (χ3v) is 6.10. The van der Waals surface area contributed by atoms with Gasteiger partial charge in [0, 0.05) is 18.8 Å². The molecule has 1 aromatic heterocycles. The summed E-state index contributed by atoms with van der Waals surface area (Å²) < 4.78 is 42.4. The molecule has 0 bridgehead atoms. The van der Waals surface area contributed by atoms with Crippen molar-refractivity contribution in [2.75, 3.05) is 40.2 Å². The zero-order valence-electron chi connectivity index (χ0n) is 18.4. The number of nitrogens with zero attached hydrogens (tertiary/aromatic N) is 2. The molecule has 0 saturated heterocycles. The van der Waals surface area contributed by atoms with Crippen LogP contribution in [0.25, 0.3) is 6.08 Å². The van der Waals surface area contributed by atoms with Gasteiger partial charge in [-0.2, -0.15) is 4.31 Å². The summed E-state index contributed by atoms with van der Waals surface area (Å²) in [6.07, 6.45) is 2.52. The van der Waals surface area contributed by atoms with E-state index < -0.39 is 28.4 Å². The number of sulfonamides is 1. The van der Waals surface area contributed by atoms with Crippen LogP contribution in [0.2, 0.25) is 0 Å². The molecule has 172 valence electrons. The molecule has 2 aromatic rings. The number of amides is 1. The number of carbonyl (C=O) groups is 2. The number of anilines is 1. The van der Waals surface area contributed by atoms with Crippen LogP contribution in [0, 0.1) is 6.92 Å². The molecule has 0 aliphatic heterocycles. The number of ether oxygens (including phenoxy) is 3. The third kappa shape index (κ3) is 6.05. The van der Waals surface area contributed by atoms with Gasteiger partial charge in [-0.05, 0) is 42.8 Å². The zero-order chi connectivity index (χ0) is 23.9. The van der Waals surface area contributed by atoms with Gasteiger partial charge in [-0.1, -0.05) is 6.07 Å². The van der Waals surface area contributed by atoms with E-state index in [1.807, 2.05) is 0 Å². The van der Waals surface area contributed by atoms with E-state index in [1.165, 1.54) is 46.6 Å². The van der Waals surface area contributed by atoms with Gasteiger partial charge in [0.25, 0.3) is 0 Å². The van der Waals surface area contributed by atoms with Crippen LogP contribution in [-0.4, -0.2) is 64.5 Å². The Balaban J connectivity index is 2.36. The lowest BCUT2D eigenvalue weighted by molar-refractivity contribution is -0.134. The lowest BCUT2D eigenvalue weighted by Gasteiger charge is -2.20. The summed E-state index contributed by atoms with van der Waals surface area (Å²) in [6, 6.07) is 7.92. The highest BCUT2D eigenvalue weighted by atomic mass is 32.2. The van der Waals surface area contributed by atoms with Gasteiger partial charge in [0.05, 0.1) is 27.9 Å². The van der Waals surface area contributed by atoms with E-state index in [4.69, 9.17) is 9.47 Å². The number of carbonyl (C=O) groups excluding carboxylic acids is 2. The van der Waals surface area contributed by atoms with Crippen LogP contribution in [0.5, 0.6) is 11.5 Å². The van der Waals surface area contributed by atoms with Gasteiger partial charge in [0.2, 0.25) is 15.9 Å². The van der Waals surface area contributed by atoms with Crippen molar-refractivity contribution in [3.8, 4) is 11.5 Å². The van der Waals surface area contributed by atoms with Gasteiger partial charge in [-0.15, -0.1) is 0 Å². The number of esters is 1. The number of pyridine rings is 1. The number of rotatable bonds is 9. The zero-order valence-corrected chi connectivity index (χ0v) is 19.2. The highest BCUT2D eigenvalue weighted by Gasteiger charge is 2.29. The molecule has 0 radical (unpaired) electrons. The second kappa shape index (κ2) is 10.7. The van der Waals surface area contributed by atoms with E-state index in [2.05, 4.69) is 15.0 Å². The lowest BCUT2D eigenvalue weighted by atomic mass is 10.2. The number of hydrogen-bond acceptors (Lipinski definition) is 8.